The lowest BCUT2D eigenvalue weighted by atomic mass is 9.94. The quantitative estimate of drug-likeness (QED) is 0.324. The summed E-state index contributed by atoms with van der Waals surface area (Å²) in [5, 5.41) is 2.77. The zero-order valence-corrected chi connectivity index (χ0v) is 19.1. The first kappa shape index (κ1) is 25.1. The Bertz CT molecular complexity index is 1160. The molecule has 1 amide bonds. The third-order valence-electron chi connectivity index (χ3n) is 5.33. The summed E-state index contributed by atoms with van der Waals surface area (Å²) in [6, 6.07) is 6.16. The molecule has 1 fully saturated rings. The van der Waals surface area contributed by atoms with Crippen LogP contribution < -0.4 is 21.3 Å². The van der Waals surface area contributed by atoms with Gasteiger partial charge in [-0.25, -0.2) is 25.1 Å². The molecule has 0 atom stereocenters. The minimum Gasteiger partial charge on any atom is -0.465 e. The Morgan fingerprint density at radius 2 is 1.97 bits per heavy atom. The Morgan fingerprint density at radius 1 is 1.26 bits per heavy atom. The van der Waals surface area contributed by atoms with E-state index in [0.717, 1.165) is 12.8 Å². The number of aromatic nitrogens is 2. The highest BCUT2D eigenvalue weighted by molar-refractivity contribution is 5.89. The van der Waals surface area contributed by atoms with E-state index in [2.05, 4.69) is 37.8 Å². The molecule has 1 saturated heterocycles. The van der Waals surface area contributed by atoms with Gasteiger partial charge in [0.05, 0.1) is 19.2 Å². The minimum atomic E-state index is -0.460. The number of nitrogens with zero attached hydrogens (tertiary/aromatic N) is 3. The van der Waals surface area contributed by atoms with Crippen molar-refractivity contribution in [2.24, 2.45) is 5.92 Å². The van der Waals surface area contributed by atoms with E-state index < -0.39 is 12.1 Å². The Kier molecular flexibility index (Phi) is 8.68. The van der Waals surface area contributed by atoms with E-state index in [-0.39, 0.29) is 35.6 Å². The molecule has 2 heterocycles. The van der Waals surface area contributed by atoms with Gasteiger partial charge in [0, 0.05) is 19.5 Å². The van der Waals surface area contributed by atoms with Crippen molar-refractivity contribution >= 4 is 29.4 Å². The zero-order valence-electron chi connectivity index (χ0n) is 19.1. The maximum atomic E-state index is 13.0. The number of methoxy groups -OCH3 is 1. The lowest BCUT2D eigenvalue weighted by molar-refractivity contribution is 0.0600. The number of carbonyl (C=O) groups is 2. The second-order valence-electron chi connectivity index (χ2n) is 7.63. The first-order chi connectivity index (χ1) is 16.9. The molecule has 1 aromatic carbocycles. The highest BCUT2D eigenvalue weighted by Gasteiger charge is 2.24. The van der Waals surface area contributed by atoms with E-state index in [1.54, 1.807) is 17.0 Å². The van der Waals surface area contributed by atoms with Crippen molar-refractivity contribution < 1.29 is 23.5 Å². The molecule has 0 unspecified atom stereocenters. The number of amides is 1. The number of rotatable bonds is 6. The average molecular weight is 481 g/mol. The molecular weight excluding hydrogens is 455 g/mol. The number of ether oxygens (including phenoxy) is 2. The van der Waals surface area contributed by atoms with Crippen molar-refractivity contribution in [3.05, 3.63) is 35.7 Å². The summed E-state index contributed by atoms with van der Waals surface area (Å²) in [5.74, 6) is 8.64. The number of hydrogen-bond acceptors (Lipinski definition) is 9. The molecule has 0 radical (unpaired) electrons. The zero-order chi connectivity index (χ0) is 25.2. The first-order valence-corrected chi connectivity index (χ1v) is 10.8. The topological polar surface area (TPSA) is 132 Å². The van der Waals surface area contributed by atoms with Crippen LogP contribution in [0.5, 0.6) is 5.75 Å². The summed E-state index contributed by atoms with van der Waals surface area (Å²) in [5.41, 5.74) is 7.50. The minimum absolute atomic E-state index is 0.0851. The van der Waals surface area contributed by atoms with Gasteiger partial charge in [-0.3, -0.25) is 0 Å². The van der Waals surface area contributed by atoms with E-state index in [0.29, 0.717) is 30.8 Å². The standard InChI is InChI=1S/C24H25FN6O4/c1-3-13-27-22-20(30-25)21(26)28-19(29-22)6-4-5-16-11-14-31(15-12-16)24(33)35-18-9-7-17(8-10-18)23(32)34-2/h1,7-10,16,30H,5,11-15H2,2H3,(H3,26,27,28,29). The average Bonchev–Trinajstić information content (AvgIpc) is 2.87. The van der Waals surface area contributed by atoms with Gasteiger partial charge >= 0.3 is 12.1 Å². The molecule has 4 N–H and O–H groups in total. The molecule has 182 valence electrons. The molecule has 0 saturated carbocycles. The summed E-state index contributed by atoms with van der Waals surface area (Å²) in [6.45, 7) is 1.20. The number of likely N-dealkylation sites (tertiary alicyclic amines) is 1. The molecule has 0 bridgehead atoms. The van der Waals surface area contributed by atoms with Crippen molar-refractivity contribution in [3.8, 4) is 29.9 Å². The van der Waals surface area contributed by atoms with Crippen molar-refractivity contribution in [1.29, 1.82) is 0 Å². The van der Waals surface area contributed by atoms with Gasteiger partial charge in [0.25, 0.3) is 0 Å². The normalized spacial score (nSPS) is 13.1. The molecule has 1 aliphatic heterocycles. The van der Waals surface area contributed by atoms with Crippen LogP contribution in [0.25, 0.3) is 0 Å². The Labute approximate surface area is 202 Å². The number of esters is 1. The lowest BCUT2D eigenvalue weighted by Gasteiger charge is -2.30. The monoisotopic (exact) mass is 480 g/mol. The molecule has 35 heavy (non-hydrogen) atoms. The van der Waals surface area contributed by atoms with Gasteiger partial charge in [0.15, 0.2) is 17.3 Å². The summed E-state index contributed by atoms with van der Waals surface area (Å²) >= 11 is 0. The van der Waals surface area contributed by atoms with Gasteiger partial charge in [0.1, 0.15) is 5.75 Å². The van der Waals surface area contributed by atoms with Crippen LogP contribution in [-0.4, -0.2) is 53.7 Å². The largest absolute Gasteiger partial charge is 0.465 e. The van der Waals surface area contributed by atoms with Gasteiger partial charge in [0.2, 0.25) is 5.82 Å². The van der Waals surface area contributed by atoms with Gasteiger partial charge in [-0.15, -0.1) is 10.9 Å². The second kappa shape index (κ2) is 12.1. The fourth-order valence-corrected chi connectivity index (χ4v) is 3.43. The van der Waals surface area contributed by atoms with E-state index in [9.17, 15) is 14.1 Å². The van der Waals surface area contributed by atoms with Crippen LogP contribution in [-0.2, 0) is 4.74 Å². The predicted octanol–water partition coefficient (Wildman–Crippen LogP) is 2.84. The molecule has 11 heteroatoms. The Balaban J connectivity index is 1.51. The van der Waals surface area contributed by atoms with E-state index in [1.165, 1.54) is 24.8 Å². The molecule has 0 spiro atoms. The van der Waals surface area contributed by atoms with Crippen LogP contribution >= 0.6 is 0 Å². The molecular formula is C24H25FN6O4. The van der Waals surface area contributed by atoms with Crippen LogP contribution in [0.1, 0.15) is 35.4 Å². The SMILES string of the molecule is C#CCNc1nc(C#CCC2CCN(C(=O)Oc3ccc(C(=O)OC)cc3)CC2)nc(N)c1NF. The van der Waals surface area contributed by atoms with Crippen molar-refractivity contribution in [1.82, 2.24) is 14.9 Å². The van der Waals surface area contributed by atoms with Crippen LogP contribution in [0.3, 0.4) is 0 Å². The second-order valence-corrected chi connectivity index (χ2v) is 7.63. The van der Waals surface area contributed by atoms with Crippen molar-refractivity contribution in [2.45, 2.75) is 19.3 Å². The Morgan fingerprint density at radius 3 is 2.60 bits per heavy atom. The number of nitrogens with one attached hydrogen (secondary N) is 2. The predicted molar refractivity (Wildman–Crippen MR) is 128 cm³/mol. The maximum Gasteiger partial charge on any atom is 0.415 e. The molecule has 1 aliphatic rings. The molecule has 0 aliphatic carbocycles. The smallest absolute Gasteiger partial charge is 0.415 e. The first-order valence-electron chi connectivity index (χ1n) is 10.8. The summed E-state index contributed by atoms with van der Waals surface area (Å²) in [6.07, 6.45) is 6.87. The molecule has 3 rings (SSSR count). The number of anilines is 3. The molecule has 1 aromatic heterocycles. The number of terminal acetylenes is 1. The third kappa shape index (κ3) is 6.74. The highest BCUT2D eigenvalue weighted by atomic mass is 19.2. The van der Waals surface area contributed by atoms with Crippen molar-refractivity contribution in [2.75, 3.05) is 43.3 Å². The van der Waals surface area contributed by atoms with Gasteiger partial charge in [-0.2, -0.15) is 0 Å². The van der Waals surface area contributed by atoms with E-state index in [1.807, 2.05) is 0 Å². The van der Waals surface area contributed by atoms with E-state index >= 15 is 0 Å². The van der Waals surface area contributed by atoms with Crippen LogP contribution in [0, 0.1) is 30.1 Å². The summed E-state index contributed by atoms with van der Waals surface area (Å²) in [7, 11) is 1.30. The summed E-state index contributed by atoms with van der Waals surface area (Å²) < 4.78 is 23.0. The van der Waals surface area contributed by atoms with Crippen molar-refractivity contribution in [3.63, 3.8) is 0 Å². The van der Waals surface area contributed by atoms with Crippen LogP contribution in [0.4, 0.5) is 26.6 Å². The number of piperidine rings is 1. The highest BCUT2D eigenvalue weighted by Crippen LogP contribution is 2.25. The lowest BCUT2D eigenvalue weighted by Crippen LogP contribution is -2.40. The van der Waals surface area contributed by atoms with Gasteiger partial charge in [-0.1, -0.05) is 11.8 Å². The number of hydrogen-bond donors (Lipinski definition) is 3. The fraction of sp³-hybridized carbons (Fsp3) is 0.333. The number of halogens is 1. The fourth-order valence-electron chi connectivity index (χ4n) is 3.43. The number of nitrogen functional groups attached to an aromatic ring is 1. The number of carbonyl (C=O) groups excluding carboxylic acids is 2. The summed E-state index contributed by atoms with van der Waals surface area (Å²) in [4.78, 5) is 33.7. The third-order valence-corrected chi connectivity index (χ3v) is 5.33. The number of benzene rings is 1. The molecule has 10 nitrogen and oxygen atoms in total. The van der Waals surface area contributed by atoms with E-state index in [4.69, 9.17) is 16.9 Å². The maximum absolute atomic E-state index is 13.0. The van der Waals surface area contributed by atoms with Gasteiger partial charge in [-0.05, 0) is 48.9 Å². The van der Waals surface area contributed by atoms with Gasteiger partial charge < -0.3 is 25.4 Å². The molecule has 2 aromatic rings. The van der Waals surface area contributed by atoms with Crippen LogP contribution in [0.15, 0.2) is 24.3 Å². The number of nitrogens with two attached hydrogens (primary N) is 1. The Hall–Kier alpha value is -4.51. The van der Waals surface area contributed by atoms with Crippen LogP contribution in [0.2, 0.25) is 0 Å².